The van der Waals surface area contributed by atoms with Gasteiger partial charge < -0.3 is 9.88 Å². The van der Waals surface area contributed by atoms with E-state index in [0.717, 1.165) is 28.1 Å². The topological polar surface area (TPSA) is 61.9 Å². The third kappa shape index (κ3) is 2.06. The molecule has 2 aromatic heterocycles. The fourth-order valence-electron chi connectivity index (χ4n) is 3.00. The van der Waals surface area contributed by atoms with Crippen LogP contribution in [0.1, 0.15) is 33.0 Å². The minimum atomic E-state index is 0.0445. The highest BCUT2D eigenvalue weighted by Gasteiger charge is 2.24. The molecule has 5 nitrogen and oxygen atoms in total. The van der Waals surface area contributed by atoms with Crippen LogP contribution in [-0.4, -0.2) is 25.8 Å². The number of fused-ring (bicyclic) bond motifs is 2. The quantitative estimate of drug-likeness (QED) is 0.750. The van der Waals surface area contributed by atoms with Crippen molar-refractivity contribution in [3.05, 3.63) is 58.7 Å². The van der Waals surface area contributed by atoms with Crippen molar-refractivity contribution < 1.29 is 4.79 Å². The SMILES string of the molecule is Cc1cc2c(cn1)CN(C(=O)c1ccc3nc(C)[nH]c3c1)C2. The van der Waals surface area contributed by atoms with Crippen molar-refractivity contribution in [3.63, 3.8) is 0 Å². The van der Waals surface area contributed by atoms with E-state index in [2.05, 4.69) is 21.0 Å². The predicted octanol–water partition coefficient (Wildman–Crippen LogP) is 2.73. The Labute approximate surface area is 128 Å². The summed E-state index contributed by atoms with van der Waals surface area (Å²) in [6.45, 7) is 5.16. The molecule has 3 heterocycles. The number of aromatic nitrogens is 3. The lowest BCUT2D eigenvalue weighted by Crippen LogP contribution is -2.25. The Morgan fingerprint density at radius 3 is 2.86 bits per heavy atom. The number of carbonyl (C=O) groups excluding carboxylic acids is 1. The summed E-state index contributed by atoms with van der Waals surface area (Å²) in [5.74, 6) is 0.901. The van der Waals surface area contributed by atoms with Crippen LogP contribution in [0.15, 0.2) is 30.5 Å². The summed E-state index contributed by atoms with van der Waals surface area (Å²) < 4.78 is 0. The van der Waals surface area contributed by atoms with Crippen molar-refractivity contribution in [1.29, 1.82) is 0 Å². The van der Waals surface area contributed by atoms with Crippen molar-refractivity contribution >= 4 is 16.9 Å². The lowest BCUT2D eigenvalue weighted by molar-refractivity contribution is 0.0751. The maximum absolute atomic E-state index is 12.7. The number of hydrogen-bond acceptors (Lipinski definition) is 3. The second kappa shape index (κ2) is 4.66. The summed E-state index contributed by atoms with van der Waals surface area (Å²) in [7, 11) is 0. The highest BCUT2D eigenvalue weighted by molar-refractivity contribution is 5.97. The molecule has 0 bridgehead atoms. The second-order valence-electron chi connectivity index (χ2n) is 5.81. The summed E-state index contributed by atoms with van der Waals surface area (Å²) in [4.78, 5) is 26.4. The van der Waals surface area contributed by atoms with E-state index >= 15 is 0 Å². The van der Waals surface area contributed by atoms with Gasteiger partial charge in [-0.05, 0) is 49.2 Å². The van der Waals surface area contributed by atoms with E-state index in [-0.39, 0.29) is 5.91 Å². The molecule has 0 fully saturated rings. The molecular weight excluding hydrogens is 276 g/mol. The van der Waals surface area contributed by atoms with E-state index < -0.39 is 0 Å². The van der Waals surface area contributed by atoms with Gasteiger partial charge in [0, 0.05) is 30.5 Å². The number of pyridine rings is 1. The van der Waals surface area contributed by atoms with Gasteiger partial charge in [0.2, 0.25) is 0 Å². The van der Waals surface area contributed by atoms with Gasteiger partial charge in [0.15, 0.2) is 0 Å². The first-order valence-corrected chi connectivity index (χ1v) is 7.30. The zero-order chi connectivity index (χ0) is 15.3. The van der Waals surface area contributed by atoms with Crippen LogP contribution in [0.4, 0.5) is 0 Å². The van der Waals surface area contributed by atoms with E-state index in [4.69, 9.17) is 0 Å². The van der Waals surface area contributed by atoms with Crippen molar-refractivity contribution in [2.45, 2.75) is 26.9 Å². The fraction of sp³-hybridized carbons (Fsp3) is 0.235. The first-order valence-electron chi connectivity index (χ1n) is 7.30. The van der Waals surface area contributed by atoms with Crippen LogP contribution >= 0.6 is 0 Å². The second-order valence-corrected chi connectivity index (χ2v) is 5.81. The van der Waals surface area contributed by atoms with Crippen molar-refractivity contribution in [2.75, 3.05) is 0 Å². The zero-order valence-electron chi connectivity index (χ0n) is 12.6. The molecule has 0 spiro atoms. The number of aromatic amines is 1. The first-order chi connectivity index (χ1) is 10.6. The maximum atomic E-state index is 12.7. The molecule has 1 aromatic carbocycles. The number of carbonyl (C=O) groups is 1. The summed E-state index contributed by atoms with van der Waals surface area (Å²) in [5, 5.41) is 0. The Hall–Kier alpha value is -2.69. The number of imidazole rings is 1. The number of rotatable bonds is 1. The maximum Gasteiger partial charge on any atom is 0.254 e. The van der Waals surface area contributed by atoms with Crippen LogP contribution in [-0.2, 0) is 13.1 Å². The normalized spacial score (nSPS) is 13.6. The Morgan fingerprint density at radius 1 is 1.18 bits per heavy atom. The van der Waals surface area contributed by atoms with Gasteiger partial charge >= 0.3 is 0 Å². The van der Waals surface area contributed by atoms with Gasteiger partial charge in [-0.2, -0.15) is 0 Å². The number of hydrogen-bond donors (Lipinski definition) is 1. The molecule has 1 N–H and O–H groups in total. The molecule has 0 radical (unpaired) electrons. The van der Waals surface area contributed by atoms with Crippen LogP contribution in [0.25, 0.3) is 11.0 Å². The van der Waals surface area contributed by atoms with Crippen LogP contribution in [0.5, 0.6) is 0 Å². The van der Waals surface area contributed by atoms with Gasteiger partial charge in [0.05, 0.1) is 11.0 Å². The number of nitrogens with zero attached hydrogens (tertiary/aromatic N) is 3. The molecule has 0 saturated heterocycles. The highest BCUT2D eigenvalue weighted by atomic mass is 16.2. The fourth-order valence-corrected chi connectivity index (χ4v) is 3.00. The molecule has 1 aliphatic heterocycles. The van der Waals surface area contributed by atoms with E-state index in [1.165, 1.54) is 5.56 Å². The Bertz CT molecular complexity index is 897. The predicted molar refractivity (Wildman–Crippen MR) is 83.4 cm³/mol. The van der Waals surface area contributed by atoms with Crippen molar-refractivity contribution in [1.82, 2.24) is 19.9 Å². The first kappa shape index (κ1) is 13.0. The average Bonchev–Trinajstić information content (AvgIpc) is 3.07. The van der Waals surface area contributed by atoms with Crippen molar-refractivity contribution in [3.8, 4) is 0 Å². The molecule has 0 saturated carbocycles. The number of benzene rings is 1. The molecule has 0 aliphatic carbocycles. The number of aryl methyl sites for hydroxylation is 2. The summed E-state index contributed by atoms with van der Waals surface area (Å²) in [6.07, 6.45) is 1.87. The number of H-pyrrole nitrogens is 1. The summed E-state index contributed by atoms with van der Waals surface area (Å²) in [5.41, 5.74) is 5.80. The number of nitrogens with one attached hydrogen (secondary N) is 1. The molecule has 22 heavy (non-hydrogen) atoms. The van der Waals surface area contributed by atoms with Gasteiger partial charge in [-0.15, -0.1) is 0 Å². The van der Waals surface area contributed by atoms with Crippen LogP contribution < -0.4 is 0 Å². The third-order valence-electron chi connectivity index (χ3n) is 4.08. The minimum absolute atomic E-state index is 0.0445. The average molecular weight is 292 g/mol. The van der Waals surface area contributed by atoms with E-state index in [1.807, 2.05) is 43.1 Å². The summed E-state index contributed by atoms with van der Waals surface area (Å²) >= 11 is 0. The van der Waals surface area contributed by atoms with Crippen LogP contribution in [0.2, 0.25) is 0 Å². The molecule has 110 valence electrons. The molecule has 3 aromatic rings. The molecule has 0 atom stereocenters. The van der Waals surface area contributed by atoms with Gasteiger partial charge in [0.25, 0.3) is 5.91 Å². The van der Waals surface area contributed by atoms with Crippen LogP contribution in [0.3, 0.4) is 0 Å². The lowest BCUT2D eigenvalue weighted by Gasteiger charge is -2.15. The summed E-state index contributed by atoms with van der Waals surface area (Å²) in [6, 6.07) is 7.67. The molecule has 4 rings (SSSR count). The minimum Gasteiger partial charge on any atom is -0.342 e. The highest BCUT2D eigenvalue weighted by Crippen LogP contribution is 2.25. The molecule has 0 unspecified atom stereocenters. The Balaban J connectivity index is 1.64. The Morgan fingerprint density at radius 2 is 2.00 bits per heavy atom. The largest absolute Gasteiger partial charge is 0.342 e. The van der Waals surface area contributed by atoms with E-state index in [1.54, 1.807) is 0 Å². The monoisotopic (exact) mass is 292 g/mol. The third-order valence-corrected chi connectivity index (χ3v) is 4.08. The van der Waals surface area contributed by atoms with Gasteiger partial charge in [0.1, 0.15) is 5.82 Å². The lowest BCUT2D eigenvalue weighted by atomic mass is 10.1. The molecule has 5 heteroatoms. The van der Waals surface area contributed by atoms with E-state index in [9.17, 15) is 4.79 Å². The molecule has 1 amide bonds. The van der Waals surface area contributed by atoms with Gasteiger partial charge in [-0.1, -0.05) is 0 Å². The number of amides is 1. The zero-order valence-corrected chi connectivity index (χ0v) is 12.6. The molecule has 1 aliphatic rings. The standard InChI is InChI=1S/C17H16N4O/c1-10-5-13-8-21(9-14(13)7-18-10)17(22)12-3-4-15-16(6-12)20-11(2)19-15/h3-7H,8-9H2,1-2H3,(H,19,20). The smallest absolute Gasteiger partial charge is 0.254 e. The Kier molecular flexibility index (Phi) is 2.76. The van der Waals surface area contributed by atoms with Gasteiger partial charge in [-0.25, -0.2) is 4.98 Å². The van der Waals surface area contributed by atoms with Crippen molar-refractivity contribution in [2.24, 2.45) is 0 Å². The van der Waals surface area contributed by atoms with Crippen LogP contribution in [0, 0.1) is 13.8 Å². The van der Waals surface area contributed by atoms with Gasteiger partial charge in [-0.3, -0.25) is 9.78 Å². The van der Waals surface area contributed by atoms with E-state index in [0.29, 0.717) is 18.7 Å². The molecular formula is C17H16N4O.